The molecule has 5 radical (unpaired) electrons. The van der Waals surface area contributed by atoms with Crippen LogP contribution in [0.4, 0.5) is 0 Å². The zero-order chi connectivity index (χ0) is 106. The van der Waals surface area contributed by atoms with E-state index in [1.807, 2.05) is 0 Å². The molecule has 0 saturated heterocycles. The van der Waals surface area contributed by atoms with Gasteiger partial charge in [-0.25, -0.2) is 0 Å². The Morgan fingerprint density at radius 2 is 0.163 bits per heavy atom. The smallest absolute Gasteiger partial charge is 0.547 e. The van der Waals surface area contributed by atoms with Crippen molar-refractivity contribution in [1.82, 2.24) is 0 Å². The summed E-state index contributed by atoms with van der Waals surface area (Å²) >= 11 is 0. The van der Waals surface area contributed by atoms with Crippen LogP contribution < -0.4 is 51.1 Å². The van der Waals surface area contributed by atoms with Crippen LogP contribution in [0.25, 0.3) is 0 Å². The number of aliphatic hydroxyl groups excluding tert-OH is 40. The third-order valence-corrected chi connectivity index (χ3v) is 14.0. The Hall–Kier alpha value is -7.60. The molecule has 0 heterocycles. The van der Waals surface area contributed by atoms with E-state index in [1.54, 1.807) is 0 Å². The van der Waals surface area contributed by atoms with E-state index >= 15 is 0 Å². The molecule has 0 unspecified atom stereocenters. The molecule has 0 fully saturated rings. The van der Waals surface area contributed by atoms with Gasteiger partial charge in [-0.1, -0.05) is 0 Å². The number of aliphatic hydroxyl groups is 40. The van der Waals surface area contributed by atoms with Crippen LogP contribution in [0.5, 0.6) is 0 Å². The summed E-state index contributed by atoms with van der Waals surface area (Å²) in [4.78, 5) is 198. The van der Waals surface area contributed by atoms with Gasteiger partial charge in [0.05, 0.1) is 59.7 Å². The standard InChI is InChI=1S/10C6H10O7.5Cu/c10*7-1-2(8)3(9)4(10)5(11)6(12)13;;;;;/h10*1-5,8-11H,(H,12,13);;;;;/q;;;;;;;;;;5*+2/p-10/t10*2-,3+,4+,5-;;;;;/m0000000000...../s1. The van der Waals surface area contributed by atoms with Crippen molar-refractivity contribution in [2.24, 2.45) is 0 Å². The summed E-state index contributed by atoms with van der Waals surface area (Å²) in [5, 5.41) is 448. The van der Waals surface area contributed by atoms with Crippen LogP contribution in [0.3, 0.4) is 0 Å². The van der Waals surface area contributed by atoms with Crippen molar-refractivity contribution in [2.75, 3.05) is 0 Å². The van der Waals surface area contributed by atoms with Crippen molar-refractivity contribution in [2.45, 2.75) is 244 Å². The Bertz CT molecular complexity index is 2640. The van der Waals surface area contributed by atoms with Crippen molar-refractivity contribution in [3.8, 4) is 0 Å². The van der Waals surface area contributed by atoms with Gasteiger partial charge in [0.1, 0.15) is 244 Å². The monoisotopic (exact) mass is 2240 g/mol. The zero-order valence-corrected chi connectivity index (χ0v) is 70.2. The summed E-state index contributed by atoms with van der Waals surface area (Å²) in [6.07, 6.45) is -86.5. The number of hydrogen-bond donors (Lipinski definition) is 40. The first-order valence-electron chi connectivity index (χ1n) is 33.0. The van der Waals surface area contributed by atoms with Crippen molar-refractivity contribution >= 4 is 123 Å². The van der Waals surface area contributed by atoms with Gasteiger partial charge < -0.3 is 351 Å². The normalized spacial score (nSPS) is 19.3. The van der Waals surface area contributed by atoms with Gasteiger partial charge in [-0.15, -0.1) is 0 Å². The number of aldehydes is 10. The van der Waals surface area contributed by atoms with Gasteiger partial charge in [0.25, 0.3) is 0 Å². The van der Waals surface area contributed by atoms with Crippen molar-refractivity contribution in [3.63, 3.8) is 0 Å². The molecule has 0 amide bonds. The largest absolute Gasteiger partial charge is 2.00 e. The molecule has 0 bridgehead atoms. The molecule has 0 aromatic rings. The molecule has 0 aromatic carbocycles. The summed E-state index contributed by atoms with van der Waals surface area (Å²) in [7, 11) is 0. The van der Waals surface area contributed by atoms with E-state index < -0.39 is 304 Å². The third-order valence-electron chi connectivity index (χ3n) is 14.0. The predicted octanol–water partition coefficient (Wildman–Crippen LogP) is -46.2. The Morgan fingerprint density at radius 3 is 0.193 bits per heavy atom. The maximum absolute atomic E-state index is 9.95. The number of carboxylic acids is 10. The minimum atomic E-state index is -2.36. The zero-order valence-electron chi connectivity index (χ0n) is 65.5. The fourth-order valence-electron chi connectivity index (χ4n) is 6.09. The van der Waals surface area contributed by atoms with E-state index in [1.165, 1.54) is 0 Å². The molecule has 40 N–H and O–H groups in total. The van der Waals surface area contributed by atoms with Gasteiger partial charge in [0.15, 0.2) is 62.9 Å². The third kappa shape index (κ3) is 65.8. The van der Waals surface area contributed by atoms with Crippen molar-refractivity contribution in [1.29, 1.82) is 0 Å². The minimum absolute atomic E-state index is 0. The summed E-state index contributed by atoms with van der Waals surface area (Å²) < 4.78 is 0. The molecule has 75 heteroatoms. The molecular formula is C60H90Cu5O70. The average Bonchev–Trinajstić information content (AvgIpc) is 0.954. The fraction of sp³-hybridized carbons (Fsp3) is 0.667. The molecule has 0 spiro atoms. The van der Waals surface area contributed by atoms with Gasteiger partial charge in [0.2, 0.25) is 0 Å². The van der Waals surface area contributed by atoms with Crippen LogP contribution in [-0.4, -0.2) is 571 Å². The number of carboxylic acid groups (broad SMARTS) is 10. The summed E-state index contributed by atoms with van der Waals surface area (Å²) in [5.41, 5.74) is 0. The SMILES string of the molecule is O=C[C@H](O)[C@@H](O)[C@@H](O)[C@H](O)C(=O)[O-].O=C[C@H](O)[C@@H](O)[C@@H](O)[C@H](O)C(=O)[O-].O=C[C@H](O)[C@@H](O)[C@@H](O)[C@H](O)C(=O)[O-].O=C[C@H](O)[C@@H](O)[C@@H](O)[C@H](O)C(=O)[O-].O=C[C@H](O)[C@@H](O)[C@@H](O)[C@H](O)C(=O)[O-].O=C[C@H](O)[C@@H](O)[C@@H](O)[C@H](O)C(=O)[O-].O=C[C@H](O)[C@@H](O)[C@@H](O)[C@H](O)C(=O)[O-].O=C[C@H](O)[C@@H](O)[C@@H](O)[C@H](O)C(=O)[O-].O=C[C@H](O)[C@@H](O)[C@@H](O)[C@H](O)C(=O)[O-].O=C[C@H](O)[C@@H](O)[C@@H](O)[C@H](O)C(=O)[O-].[Cu+2].[Cu+2].[Cu+2].[Cu+2].[Cu+2]. The number of rotatable bonds is 50. The first-order valence-corrected chi connectivity index (χ1v) is 33.0. The predicted molar refractivity (Wildman–Crippen MR) is 351 cm³/mol. The quantitative estimate of drug-likeness (QED) is 0.0199. The first kappa shape index (κ1) is 161. The number of carbonyl (C=O) groups excluding carboxylic acids is 20. The molecule has 135 heavy (non-hydrogen) atoms. The van der Waals surface area contributed by atoms with Crippen LogP contribution in [-0.2, 0) is 181 Å². The molecule has 0 aliphatic heterocycles. The fourth-order valence-corrected chi connectivity index (χ4v) is 6.09. The van der Waals surface area contributed by atoms with E-state index in [0.717, 1.165) is 0 Å². The summed E-state index contributed by atoms with van der Waals surface area (Å²) in [6, 6.07) is 0. The second kappa shape index (κ2) is 85.6. The maximum Gasteiger partial charge on any atom is 2.00 e. The van der Waals surface area contributed by atoms with Gasteiger partial charge in [-0.3, -0.25) is 0 Å². The number of aliphatic carboxylic acids is 10. The van der Waals surface area contributed by atoms with Gasteiger partial charge in [-0.05, 0) is 0 Å². The second-order valence-corrected chi connectivity index (χ2v) is 23.7. The Kier molecular flexibility index (Phi) is 102. The van der Waals surface area contributed by atoms with Crippen LogP contribution in [0.1, 0.15) is 0 Å². The number of carbonyl (C=O) groups is 20. The topological polar surface area (TPSA) is 1380 Å². The molecule has 0 aliphatic rings. The summed E-state index contributed by atoms with van der Waals surface area (Å²) in [6.45, 7) is 0. The minimum Gasteiger partial charge on any atom is -0.547 e. The van der Waals surface area contributed by atoms with Crippen LogP contribution in [0, 0.1) is 0 Å². The van der Waals surface area contributed by atoms with E-state index in [2.05, 4.69) is 0 Å². The van der Waals surface area contributed by atoms with Crippen LogP contribution in [0.15, 0.2) is 0 Å². The maximum atomic E-state index is 9.95. The Morgan fingerprint density at radius 1 is 0.119 bits per heavy atom. The molecule has 40 atom stereocenters. The van der Waals surface area contributed by atoms with Crippen LogP contribution in [0.2, 0.25) is 0 Å². The molecule has 0 aliphatic carbocycles. The Balaban J connectivity index is -0.0000000908. The summed E-state index contributed by atoms with van der Waals surface area (Å²) in [5.74, 6) is -20.1. The van der Waals surface area contributed by atoms with Crippen LogP contribution >= 0.6 is 0 Å². The molecule has 0 aromatic heterocycles. The average molecular weight is 2250 g/mol. The second-order valence-electron chi connectivity index (χ2n) is 23.7. The van der Waals surface area contributed by atoms with Gasteiger partial charge in [0, 0.05) is 0 Å². The molecular weight excluding hydrogens is 2160 g/mol. The van der Waals surface area contributed by atoms with Crippen molar-refractivity contribution < 1.29 is 437 Å². The van der Waals surface area contributed by atoms with Crippen molar-refractivity contribution in [3.05, 3.63) is 0 Å². The van der Waals surface area contributed by atoms with E-state index in [9.17, 15) is 147 Å². The number of hydrogen-bond acceptors (Lipinski definition) is 70. The first-order chi connectivity index (χ1) is 59.1. The van der Waals surface area contributed by atoms with E-state index in [-0.39, 0.29) is 148 Å². The van der Waals surface area contributed by atoms with E-state index in [4.69, 9.17) is 204 Å². The van der Waals surface area contributed by atoms with Gasteiger partial charge >= 0.3 is 85.3 Å². The molecule has 0 saturated carbocycles. The molecule has 0 rings (SSSR count). The van der Waals surface area contributed by atoms with Gasteiger partial charge in [-0.2, -0.15) is 0 Å². The molecule has 805 valence electrons. The Labute approximate surface area is 799 Å². The molecule has 70 nitrogen and oxygen atoms in total. The van der Waals surface area contributed by atoms with E-state index in [0.29, 0.717) is 0 Å².